The predicted molar refractivity (Wildman–Crippen MR) is 239 cm³/mol. The summed E-state index contributed by atoms with van der Waals surface area (Å²) in [5.41, 5.74) is 1.44. The highest BCUT2D eigenvalue weighted by atomic mass is 35.5. The molecule has 0 amide bonds. The van der Waals surface area contributed by atoms with Gasteiger partial charge in [-0.15, -0.1) is 5.11 Å². The zero-order chi connectivity index (χ0) is 49.0. The molecule has 6 aromatic carbocycles. The molecule has 0 saturated carbocycles. The van der Waals surface area contributed by atoms with Crippen molar-refractivity contribution in [3.63, 3.8) is 0 Å². The van der Waals surface area contributed by atoms with Crippen LogP contribution in [0.15, 0.2) is 136 Å². The van der Waals surface area contributed by atoms with Crippen molar-refractivity contribution in [1.29, 1.82) is 0 Å². The molecule has 7 N–H and O–H groups in total. The van der Waals surface area contributed by atoms with Gasteiger partial charge in [0.1, 0.15) is 25.3 Å². The number of benzene rings is 6. The van der Waals surface area contributed by atoms with E-state index in [0.29, 0.717) is 34.6 Å². The van der Waals surface area contributed by atoms with Gasteiger partial charge in [0.25, 0.3) is 50.6 Å². The average Bonchev–Trinajstić information content (AvgIpc) is 3.20. The van der Waals surface area contributed by atoms with Crippen LogP contribution in [0.25, 0.3) is 21.5 Å². The molecule has 0 unspecified atom stereocenters. The molecule has 24 nitrogen and oxygen atoms in total. The lowest BCUT2D eigenvalue weighted by Gasteiger charge is -2.11. The van der Waals surface area contributed by atoms with Crippen molar-refractivity contribution in [2.75, 3.05) is 10.6 Å². The Morgan fingerprint density at radius 2 is 0.970 bits per heavy atom. The van der Waals surface area contributed by atoms with Crippen LogP contribution in [0.1, 0.15) is 11.1 Å². The third-order valence-corrected chi connectivity index (χ3v) is 13.9. The number of nitrogens with zero attached hydrogens (tertiary/aromatic N) is 7. The van der Waals surface area contributed by atoms with E-state index < -0.39 is 91.5 Å². The summed E-state index contributed by atoms with van der Waals surface area (Å²) in [7, 11) is -25.0. The maximum Gasteiger partial charge on any atom is 0.296 e. The van der Waals surface area contributed by atoms with Crippen LogP contribution in [-0.2, 0) is 50.6 Å². The van der Waals surface area contributed by atoms with Crippen LogP contribution in [0.4, 0.5) is 46.0 Å². The second kappa shape index (κ2) is 17.6. The lowest BCUT2D eigenvalue weighted by atomic mass is 10.1. The van der Waals surface area contributed by atoms with Crippen molar-refractivity contribution >= 4 is 130 Å². The first kappa shape index (κ1) is 48.4. The van der Waals surface area contributed by atoms with Crippen LogP contribution >= 0.6 is 11.6 Å². The SMILES string of the molecule is Cc1cc(Nc2nc(Cl)nc(Nc3ccc(N=Nc4cc5c(S(=O)(=O)O)cc(S(=O)(=O)O)cc5cc4S(=O)(=O)O)c(C)c3)n2)ccc1N=Nc1cc(S(=O)(=O)O)c2cccc(S(=O)(=O)O)c2c1. The highest BCUT2D eigenvalue weighted by Gasteiger charge is 2.25. The molecule has 30 heteroatoms. The van der Waals surface area contributed by atoms with Crippen molar-refractivity contribution in [2.24, 2.45) is 20.5 Å². The number of nitrogens with one attached hydrogen (secondary N) is 2. The fourth-order valence-electron chi connectivity index (χ4n) is 6.40. The Balaban J connectivity index is 1.11. The Bertz CT molecular complexity index is 3900. The number of hydrogen-bond acceptors (Lipinski definition) is 19. The average molecular weight is 1030 g/mol. The van der Waals surface area contributed by atoms with Gasteiger partial charge >= 0.3 is 0 Å². The first-order chi connectivity index (χ1) is 31.0. The lowest BCUT2D eigenvalue weighted by Crippen LogP contribution is -2.05. The van der Waals surface area contributed by atoms with Gasteiger partial charge in [-0.25, -0.2) is 0 Å². The first-order valence-corrected chi connectivity index (χ1v) is 25.7. The van der Waals surface area contributed by atoms with Crippen molar-refractivity contribution in [3.8, 4) is 0 Å². The van der Waals surface area contributed by atoms with E-state index in [2.05, 4.69) is 46.0 Å². The Kier molecular flexibility index (Phi) is 12.7. The van der Waals surface area contributed by atoms with Crippen LogP contribution in [0.3, 0.4) is 0 Å². The maximum absolute atomic E-state index is 12.3. The van der Waals surface area contributed by atoms with Gasteiger partial charge in [-0.3, -0.25) is 22.8 Å². The van der Waals surface area contributed by atoms with Crippen LogP contribution in [0.5, 0.6) is 0 Å². The third-order valence-electron chi connectivity index (χ3n) is 9.33. The highest BCUT2D eigenvalue weighted by molar-refractivity contribution is 7.87. The van der Waals surface area contributed by atoms with Crippen molar-refractivity contribution < 1.29 is 64.9 Å². The molecule has 0 bridgehead atoms. The number of rotatable bonds is 13. The summed E-state index contributed by atoms with van der Waals surface area (Å²) in [6.45, 7) is 3.26. The number of azo groups is 2. The molecule has 1 heterocycles. The van der Waals surface area contributed by atoms with Gasteiger partial charge in [-0.2, -0.15) is 72.4 Å². The van der Waals surface area contributed by atoms with Gasteiger partial charge < -0.3 is 10.6 Å². The van der Waals surface area contributed by atoms with Gasteiger partial charge in [0.05, 0.1) is 22.0 Å². The van der Waals surface area contributed by atoms with E-state index in [4.69, 9.17) is 11.6 Å². The number of aryl methyl sites for hydroxylation is 2. The predicted octanol–water partition coefficient (Wildman–Crippen LogP) is 8.00. The number of anilines is 4. The molecule has 0 aliphatic heterocycles. The number of aromatic nitrogens is 3. The van der Waals surface area contributed by atoms with Crippen molar-refractivity contribution in [3.05, 3.63) is 107 Å². The van der Waals surface area contributed by atoms with E-state index in [0.717, 1.165) is 24.3 Å². The first-order valence-electron chi connectivity index (χ1n) is 18.1. The summed E-state index contributed by atoms with van der Waals surface area (Å²) in [6, 6.07) is 17.6. The fourth-order valence-corrected chi connectivity index (χ4v) is 9.97. The van der Waals surface area contributed by atoms with Crippen LogP contribution in [-0.4, -0.2) is 79.8 Å². The van der Waals surface area contributed by atoms with Gasteiger partial charge in [0.2, 0.25) is 17.2 Å². The summed E-state index contributed by atoms with van der Waals surface area (Å²) < 4.78 is 170. The van der Waals surface area contributed by atoms with Gasteiger partial charge in [-0.1, -0.05) is 12.1 Å². The molecule has 0 radical (unpaired) electrons. The second-order valence-corrected chi connectivity index (χ2v) is 21.4. The van der Waals surface area contributed by atoms with Crippen molar-refractivity contribution in [1.82, 2.24) is 15.0 Å². The monoisotopic (exact) mass is 1030 g/mol. The van der Waals surface area contributed by atoms with Gasteiger partial charge in [0, 0.05) is 27.5 Å². The largest absolute Gasteiger partial charge is 0.324 e. The molecule has 348 valence electrons. The molecule has 0 fully saturated rings. The Morgan fingerprint density at radius 1 is 0.463 bits per heavy atom. The topological polar surface area (TPSA) is 384 Å². The Hall–Kier alpha value is -6.51. The highest BCUT2D eigenvalue weighted by Crippen LogP contribution is 2.38. The molecule has 1 aromatic heterocycles. The second-order valence-electron chi connectivity index (χ2n) is 14.0. The Morgan fingerprint density at radius 3 is 1.48 bits per heavy atom. The van der Waals surface area contributed by atoms with E-state index in [-0.39, 0.29) is 45.0 Å². The minimum Gasteiger partial charge on any atom is -0.324 e. The smallest absolute Gasteiger partial charge is 0.296 e. The molecular weight excluding hydrogens is 1010 g/mol. The number of hydrogen-bond donors (Lipinski definition) is 7. The summed E-state index contributed by atoms with van der Waals surface area (Å²) >= 11 is 6.20. The molecule has 7 aromatic rings. The van der Waals surface area contributed by atoms with E-state index in [1.165, 1.54) is 36.4 Å². The summed E-state index contributed by atoms with van der Waals surface area (Å²) in [5.74, 6) is -0.0469. The molecule has 0 atom stereocenters. The number of fused-ring (bicyclic) bond motifs is 2. The number of halogens is 1. The standard InChI is InChI=1S/C37H28ClN9O15S5/c1-18-10-21(6-8-28(18)45-44-23-14-27-25(32(15-23)65(54,55)56)4-3-5-31(27)64(51,52)53)39-36-41-35(38)42-37(43-36)40-22-7-9-29(19(2)11-22)46-47-30-17-26-20(13-34(30)67(60,61)62)12-24(63(48,49)50)16-33(26)66(57,58)59/h3-17H,1-2H3,(H,48,49,50)(H,51,52,53)(H,54,55,56)(H,57,58,59)(H,60,61,62)(H2,39,40,41,42,43). The normalized spacial score (nSPS) is 13.0. The van der Waals surface area contributed by atoms with Crippen LogP contribution in [0.2, 0.25) is 5.28 Å². The van der Waals surface area contributed by atoms with Gasteiger partial charge in [0.15, 0.2) is 0 Å². The molecule has 7 rings (SSSR count). The molecule has 0 saturated heterocycles. The third kappa shape index (κ3) is 11.0. The van der Waals surface area contributed by atoms with E-state index in [1.807, 2.05) is 0 Å². The summed E-state index contributed by atoms with van der Waals surface area (Å²) in [4.78, 5) is 8.29. The van der Waals surface area contributed by atoms with E-state index in [1.54, 1.807) is 32.0 Å². The lowest BCUT2D eigenvalue weighted by molar-refractivity contribution is 0.479. The minimum atomic E-state index is -5.17. The fraction of sp³-hybridized carbons (Fsp3) is 0.0541. The molecular formula is C37H28ClN9O15S5. The van der Waals surface area contributed by atoms with E-state index in [9.17, 15) is 64.9 Å². The van der Waals surface area contributed by atoms with E-state index >= 15 is 0 Å². The maximum atomic E-state index is 12.3. The zero-order valence-corrected chi connectivity index (χ0v) is 38.4. The molecule has 0 aliphatic carbocycles. The minimum absolute atomic E-state index is 0.0154. The summed E-state index contributed by atoms with van der Waals surface area (Å²) in [5, 5.41) is 20.5. The van der Waals surface area contributed by atoms with Crippen LogP contribution in [0, 0.1) is 13.8 Å². The molecule has 0 spiro atoms. The molecule has 0 aliphatic rings. The van der Waals surface area contributed by atoms with Crippen LogP contribution < -0.4 is 10.6 Å². The van der Waals surface area contributed by atoms with Gasteiger partial charge in [-0.05, 0) is 121 Å². The zero-order valence-electron chi connectivity index (χ0n) is 33.5. The molecule has 67 heavy (non-hydrogen) atoms. The summed E-state index contributed by atoms with van der Waals surface area (Å²) in [6.07, 6.45) is 0. The quantitative estimate of drug-likeness (QED) is 0.0424. The van der Waals surface area contributed by atoms with Crippen molar-refractivity contribution in [2.45, 2.75) is 38.3 Å². The Labute approximate surface area is 384 Å².